The second-order valence-corrected chi connectivity index (χ2v) is 7.60. The summed E-state index contributed by atoms with van der Waals surface area (Å²) in [6.45, 7) is -0.385. The minimum atomic E-state index is -0.601. The summed E-state index contributed by atoms with van der Waals surface area (Å²) >= 11 is 0. The van der Waals surface area contributed by atoms with Crippen LogP contribution in [0, 0.1) is 0 Å². The van der Waals surface area contributed by atoms with Crippen LogP contribution in [-0.2, 0) is 14.3 Å². The van der Waals surface area contributed by atoms with Crippen molar-refractivity contribution in [2.45, 2.75) is 37.9 Å². The van der Waals surface area contributed by atoms with E-state index in [-0.39, 0.29) is 6.61 Å². The molecule has 7 nitrogen and oxygen atoms in total. The van der Waals surface area contributed by atoms with Gasteiger partial charge < -0.3 is 24.3 Å². The maximum absolute atomic E-state index is 12.2. The van der Waals surface area contributed by atoms with Gasteiger partial charge in [-0.15, -0.1) is 0 Å². The number of ether oxygens (including phenoxy) is 4. The van der Waals surface area contributed by atoms with Gasteiger partial charge in [-0.3, -0.25) is 4.79 Å². The van der Waals surface area contributed by atoms with E-state index in [4.69, 9.17) is 18.9 Å². The zero-order valence-corrected chi connectivity index (χ0v) is 17.4. The van der Waals surface area contributed by atoms with Crippen LogP contribution in [0.5, 0.6) is 17.2 Å². The van der Waals surface area contributed by atoms with Crippen LogP contribution in [0.4, 0.5) is 5.69 Å². The fraction of sp³-hybridized carbons (Fsp3) is 0.333. The van der Waals surface area contributed by atoms with Crippen LogP contribution >= 0.6 is 0 Å². The molecule has 0 aromatic heterocycles. The molecule has 31 heavy (non-hydrogen) atoms. The Labute approximate surface area is 180 Å². The largest absolute Gasteiger partial charge is 0.497 e. The van der Waals surface area contributed by atoms with Crippen molar-refractivity contribution in [3.8, 4) is 17.2 Å². The van der Waals surface area contributed by atoms with Gasteiger partial charge in [0.05, 0.1) is 7.11 Å². The fourth-order valence-corrected chi connectivity index (χ4v) is 3.73. The first-order valence-electron chi connectivity index (χ1n) is 10.4. The number of anilines is 1. The average molecular weight is 423 g/mol. The minimum absolute atomic E-state index is 0.385. The monoisotopic (exact) mass is 423 g/mol. The summed E-state index contributed by atoms with van der Waals surface area (Å²) in [7, 11) is 1.59. The molecule has 2 aromatic carbocycles. The normalized spacial score (nSPS) is 16.3. The van der Waals surface area contributed by atoms with Crippen LogP contribution < -0.4 is 19.5 Å². The van der Waals surface area contributed by atoms with Crippen LogP contribution in [-0.4, -0.2) is 31.4 Å². The lowest BCUT2D eigenvalue weighted by molar-refractivity contribution is -0.142. The fourth-order valence-electron chi connectivity index (χ4n) is 3.73. The van der Waals surface area contributed by atoms with Crippen LogP contribution in [0.15, 0.2) is 48.5 Å². The molecule has 2 aliphatic rings. The van der Waals surface area contributed by atoms with E-state index in [1.807, 2.05) is 12.1 Å². The number of esters is 1. The number of amides is 1. The predicted molar refractivity (Wildman–Crippen MR) is 115 cm³/mol. The first-order valence-corrected chi connectivity index (χ1v) is 10.4. The highest BCUT2D eigenvalue weighted by atomic mass is 16.7. The molecule has 1 fully saturated rings. The molecule has 1 saturated carbocycles. The number of nitrogens with one attached hydrogen (secondary N) is 1. The smallest absolute Gasteiger partial charge is 0.331 e. The second-order valence-electron chi connectivity index (χ2n) is 7.60. The van der Waals surface area contributed by atoms with Gasteiger partial charge in [0, 0.05) is 30.7 Å². The molecule has 1 aliphatic heterocycles. The van der Waals surface area contributed by atoms with Gasteiger partial charge in [-0.1, -0.05) is 18.6 Å². The standard InChI is InChI=1S/C24H25NO6/c1-28-19-9-5-17(6-10-19)7-12-23(27)29-16-22(26)25-18-8-11-20-21(15-18)31-24(30-20)13-3-2-4-14-24/h5-12,15H,2-4,13-14,16H2,1H3,(H,25,26)/b12-7+. The molecule has 1 heterocycles. The van der Waals surface area contributed by atoms with E-state index >= 15 is 0 Å². The zero-order valence-electron chi connectivity index (χ0n) is 17.4. The maximum atomic E-state index is 12.2. The van der Waals surface area contributed by atoms with E-state index in [9.17, 15) is 9.59 Å². The van der Waals surface area contributed by atoms with E-state index in [0.29, 0.717) is 17.2 Å². The number of carbonyl (C=O) groups excluding carboxylic acids is 2. The molecule has 1 aliphatic carbocycles. The predicted octanol–water partition coefficient (Wildman–Crippen LogP) is 4.32. The van der Waals surface area contributed by atoms with Crippen molar-refractivity contribution < 1.29 is 28.5 Å². The molecule has 1 amide bonds. The summed E-state index contributed by atoms with van der Waals surface area (Å²) in [6, 6.07) is 12.5. The number of fused-ring (bicyclic) bond motifs is 1. The topological polar surface area (TPSA) is 83.1 Å². The lowest BCUT2D eigenvalue weighted by Gasteiger charge is -2.31. The Morgan fingerprint density at radius 2 is 1.77 bits per heavy atom. The average Bonchev–Trinajstić information content (AvgIpc) is 3.13. The van der Waals surface area contributed by atoms with Gasteiger partial charge >= 0.3 is 5.97 Å². The van der Waals surface area contributed by atoms with E-state index in [1.54, 1.807) is 43.5 Å². The summed E-state index contributed by atoms with van der Waals surface area (Å²) in [5, 5.41) is 2.72. The van der Waals surface area contributed by atoms with Gasteiger partial charge in [-0.25, -0.2) is 4.79 Å². The number of methoxy groups -OCH3 is 1. The van der Waals surface area contributed by atoms with Crippen LogP contribution in [0.2, 0.25) is 0 Å². The Morgan fingerprint density at radius 3 is 2.52 bits per heavy atom. The summed E-state index contributed by atoms with van der Waals surface area (Å²) in [5.74, 6) is 0.450. The molecule has 2 aromatic rings. The Morgan fingerprint density at radius 1 is 1.03 bits per heavy atom. The second kappa shape index (κ2) is 9.12. The van der Waals surface area contributed by atoms with Crippen molar-refractivity contribution in [2.75, 3.05) is 19.0 Å². The third kappa shape index (κ3) is 5.17. The van der Waals surface area contributed by atoms with Gasteiger partial charge in [0.15, 0.2) is 18.1 Å². The number of benzene rings is 2. The van der Waals surface area contributed by atoms with E-state index in [0.717, 1.165) is 37.0 Å². The Hall–Kier alpha value is -3.48. The molecular weight excluding hydrogens is 398 g/mol. The molecule has 0 bridgehead atoms. The molecule has 7 heteroatoms. The number of hydrogen-bond acceptors (Lipinski definition) is 6. The zero-order chi connectivity index (χ0) is 21.7. The third-order valence-corrected chi connectivity index (χ3v) is 5.31. The van der Waals surface area contributed by atoms with Gasteiger partial charge in [0.1, 0.15) is 5.75 Å². The lowest BCUT2D eigenvalue weighted by atomic mass is 9.94. The molecule has 4 rings (SSSR count). The van der Waals surface area contributed by atoms with Crippen molar-refractivity contribution in [1.82, 2.24) is 0 Å². The van der Waals surface area contributed by atoms with Crippen molar-refractivity contribution >= 4 is 23.6 Å². The van der Waals surface area contributed by atoms with E-state index in [1.165, 1.54) is 12.5 Å². The molecule has 0 atom stereocenters. The van der Waals surface area contributed by atoms with Crippen molar-refractivity contribution in [1.29, 1.82) is 0 Å². The van der Waals surface area contributed by atoms with Crippen molar-refractivity contribution in [3.05, 3.63) is 54.1 Å². The van der Waals surface area contributed by atoms with E-state index < -0.39 is 17.7 Å². The Balaban J connectivity index is 1.26. The number of rotatable bonds is 6. The Bertz CT molecular complexity index is 976. The van der Waals surface area contributed by atoms with Gasteiger partial charge in [-0.05, 0) is 48.7 Å². The highest BCUT2D eigenvalue weighted by Crippen LogP contribution is 2.46. The molecular formula is C24H25NO6. The summed E-state index contributed by atoms with van der Waals surface area (Å²) < 4.78 is 22.2. The third-order valence-electron chi connectivity index (χ3n) is 5.31. The quantitative estimate of drug-likeness (QED) is 0.550. The molecule has 162 valence electrons. The summed E-state index contributed by atoms with van der Waals surface area (Å²) in [5.41, 5.74) is 1.38. The van der Waals surface area contributed by atoms with Gasteiger partial charge in [-0.2, -0.15) is 0 Å². The molecule has 0 unspecified atom stereocenters. The number of hydrogen-bond donors (Lipinski definition) is 1. The lowest BCUT2D eigenvalue weighted by Crippen LogP contribution is -2.40. The Kier molecular flexibility index (Phi) is 6.11. The van der Waals surface area contributed by atoms with Crippen molar-refractivity contribution in [3.63, 3.8) is 0 Å². The maximum Gasteiger partial charge on any atom is 0.331 e. The van der Waals surface area contributed by atoms with E-state index in [2.05, 4.69) is 5.32 Å². The van der Waals surface area contributed by atoms with Gasteiger partial charge in [0.2, 0.25) is 0 Å². The minimum Gasteiger partial charge on any atom is -0.497 e. The van der Waals surface area contributed by atoms with Gasteiger partial charge in [0.25, 0.3) is 11.7 Å². The first kappa shape index (κ1) is 20.8. The molecule has 1 spiro atoms. The highest BCUT2D eigenvalue weighted by Gasteiger charge is 2.42. The van der Waals surface area contributed by atoms with Crippen LogP contribution in [0.25, 0.3) is 6.08 Å². The summed E-state index contributed by atoms with van der Waals surface area (Å²) in [4.78, 5) is 24.0. The summed E-state index contributed by atoms with van der Waals surface area (Å²) in [6.07, 6.45) is 7.97. The number of carbonyl (C=O) groups is 2. The SMILES string of the molecule is COc1ccc(/C=C/C(=O)OCC(=O)Nc2ccc3c(c2)OC2(CCCCC2)O3)cc1. The molecule has 0 radical (unpaired) electrons. The molecule has 1 N–H and O–H groups in total. The van der Waals surface area contributed by atoms with Crippen LogP contribution in [0.3, 0.4) is 0 Å². The molecule has 0 saturated heterocycles. The van der Waals surface area contributed by atoms with Crippen molar-refractivity contribution in [2.24, 2.45) is 0 Å². The highest BCUT2D eigenvalue weighted by molar-refractivity contribution is 5.94. The first-order chi connectivity index (χ1) is 15.0. The van der Waals surface area contributed by atoms with Crippen LogP contribution in [0.1, 0.15) is 37.7 Å².